The van der Waals surface area contributed by atoms with Crippen molar-refractivity contribution in [1.29, 1.82) is 0 Å². The third-order valence-electron chi connectivity index (χ3n) is 0.981. The topological polar surface area (TPSA) is 3.24 Å². The Balaban J connectivity index is 0.000000490. The minimum absolute atomic E-state index is 0. The SMILES string of the molecule is CN1C=CC=CC1.[Na]. The van der Waals surface area contributed by atoms with Crippen molar-refractivity contribution < 1.29 is 0 Å². The minimum atomic E-state index is 0. The first kappa shape index (κ1) is 8.28. The predicted molar refractivity (Wildman–Crippen MR) is 36.7 cm³/mol. The summed E-state index contributed by atoms with van der Waals surface area (Å²) in [6, 6.07) is 0. The van der Waals surface area contributed by atoms with Crippen LogP contribution < -0.4 is 0 Å². The molecule has 1 radical (unpaired) electrons. The van der Waals surface area contributed by atoms with Gasteiger partial charge in [0.15, 0.2) is 0 Å². The van der Waals surface area contributed by atoms with Crippen LogP contribution in [0.1, 0.15) is 0 Å². The van der Waals surface area contributed by atoms with E-state index in [4.69, 9.17) is 0 Å². The zero-order valence-corrected chi connectivity index (χ0v) is 7.46. The van der Waals surface area contributed by atoms with Crippen molar-refractivity contribution >= 4 is 29.6 Å². The van der Waals surface area contributed by atoms with Crippen molar-refractivity contribution in [1.82, 2.24) is 4.90 Å². The quantitative estimate of drug-likeness (QED) is 0.421. The molecular formula is C6H9NNa. The van der Waals surface area contributed by atoms with Crippen LogP contribution in [0, 0.1) is 0 Å². The first-order chi connectivity index (χ1) is 3.39. The molecule has 0 fully saturated rings. The van der Waals surface area contributed by atoms with E-state index < -0.39 is 0 Å². The van der Waals surface area contributed by atoms with E-state index in [-0.39, 0.29) is 29.6 Å². The smallest absolute Gasteiger partial charge is 0.0353 e. The van der Waals surface area contributed by atoms with Gasteiger partial charge in [-0.1, -0.05) is 12.2 Å². The number of allylic oxidation sites excluding steroid dienone is 2. The molecule has 0 unspecified atom stereocenters. The maximum absolute atomic E-state index is 2.12. The van der Waals surface area contributed by atoms with Gasteiger partial charge >= 0.3 is 0 Å². The van der Waals surface area contributed by atoms with E-state index in [1.807, 2.05) is 6.08 Å². The first-order valence-electron chi connectivity index (χ1n) is 2.43. The summed E-state index contributed by atoms with van der Waals surface area (Å²) in [5.41, 5.74) is 0. The van der Waals surface area contributed by atoms with Gasteiger partial charge in [0.1, 0.15) is 0 Å². The molecule has 0 amide bonds. The van der Waals surface area contributed by atoms with Crippen molar-refractivity contribution in [3.63, 3.8) is 0 Å². The first-order valence-corrected chi connectivity index (χ1v) is 2.43. The van der Waals surface area contributed by atoms with Gasteiger partial charge in [-0.05, 0) is 12.3 Å². The van der Waals surface area contributed by atoms with Crippen LogP contribution in [-0.4, -0.2) is 48.0 Å². The van der Waals surface area contributed by atoms with E-state index in [0.29, 0.717) is 0 Å². The second-order valence-corrected chi connectivity index (χ2v) is 1.71. The van der Waals surface area contributed by atoms with Crippen LogP contribution in [0.15, 0.2) is 24.4 Å². The van der Waals surface area contributed by atoms with Gasteiger partial charge in [-0.3, -0.25) is 0 Å². The summed E-state index contributed by atoms with van der Waals surface area (Å²) in [6.45, 7) is 1.05. The molecule has 0 spiro atoms. The zero-order chi connectivity index (χ0) is 5.11. The summed E-state index contributed by atoms with van der Waals surface area (Å²) in [5.74, 6) is 0. The van der Waals surface area contributed by atoms with Crippen LogP contribution in [0.5, 0.6) is 0 Å². The third kappa shape index (κ3) is 2.55. The van der Waals surface area contributed by atoms with Gasteiger partial charge in [0, 0.05) is 43.1 Å². The zero-order valence-electron chi connectivity index (χ0n) is 5.46. The molecule has 1 aliphatic heterocycles. The second-order valence-electron chi connectivity index (χ2n) is 1.71. The van der Waals surface area contributed by atoms with Gasteiger partial charge in [-0.25, -0.2) is 0 Å². The molecule has 0 N–H and O–H groups in total. The number of likely N-dealkylation sites (N-methyl/N-ethyl adjacent to an activating group) is 1. The Labute approximate surface area is 72.4 Å². The van der Waals surface area contributed by atoms with E-state index in [9.17, 15) is 0 Å². The van der Waals surface area contributed by atoms with E-state index >= 15 is 0 Å². The molecule has 39 valence electrons. The number of hydrogen-bond acceptors (Lipinski definition) is 1. The summed E-state index contributed by atoms with van der Waals surface area (Å²) in [4.78, 5) is 2.12. The average Bonchev–Trinajstić information content (AvgIpc) is 1.69. The molecule has 8 heavy (non-hydrogen) atoms. The number of rotatable bonds is 0. The summed E-state index contributed by atoms with van der Waals surface area (Å²) in [7, 11) is 2.06. The van der Waals surface area contributed by atoms with Crippen molar-refractivity contribution in [3.05, 3.63) is 24.4 Å². The molecule has 0 aliphatic carbocycles. The van der Waals surface area contributed by atoms with E-state index in [1.165, 1.54) is 0 Å². The molecule has 0 aromatic heterocycles. The maximum Gasteiger partial charge on any atom is 0.0353 e. The molecule has 1 heterocycles. The summed E-state index contributed by atoms with van der Waals surface area (Å²) < 4.78 is 0. The van der Waals surface area contributed by atoms with E-state index in [0.717, 1.165) is 6.54 Å². The van der Waals surface area contributed by atoms with E-state index in [1.54, 1.807) is 0 Å². The molecular weight excluding hydrogens is 109 g/mol. The van der Waals surface area contributed by atoms with Gasteiger partial charge in [0.2, 0.25) is 0 Å². The van der Waals surface area contributed by atoms with Crippen LogP contribution >= 0.6 is 0 Å². The summed E-state index contributed by atoms with van der Waals surface area (Å²) in [5, 5.41) is 0. The Hall–Kier alpha value is 0.280. The predicted octanol–water partition coefficient (Wildman–Crippen LogP) is 0.621. The largest absolute Gasteiger partial charge is 0.377 e. The monoisotopic (exact) mass is 118 g/mol. The van der Waals surface area contributed by atoms with Crippen molar-refractivity contribution in [2.24, 2.45) is 0 Å². The van der Waals surface area contributed by atoms with Crippen LogP contribution in [0.2, 0.25) is 0 Å². The molecule has 1 aliphatic rings. The average molecular weight is 118 g/mol. The molecule has 0 atom stereocenters. The van der Waals surface area contributed by atoms with Crippen molar-refractivity contribution in [2.75, 3.05) is 13.6 Å². The van der Waals surface area contributed by atoms with E-state index in [2.05, 4.69) is 30.3 Å². The summed E-state index contributed by atoms with van der Waals surface area (Å²) in [6.07, 6.45) is 8.27. The standard InChI is InChI=1S/C6H9N.Na/c1-7-5-3-2-4-6-7;/h2-5H,6H2,1H3;. The number of hydrogen-bond donors (Lipinski definition) is 0. The van der Waals surface area contributed by atoms with Gasteiger partial charge in [-0.15, -0.1) is 0 Å². The van der Waals surface area contributed by atoms with Gasteiger partial charge in [-0.2, -0.15) is 0 Å². The second kappa shape index (κ2) is 4.19. The normalized spacial score (nSPS) is 15.9. The van der Waals surface area contributed by atoms with Crippen LogP contribution in [0.3, 0.4) is 0 Å². The molecule has 0 saturated carbocycles. The molecule has 0 bridgehead atoms. The summed E-state index contributed by atoms with van der Waals surface area (Å²) >= 11 is 0. The third-order valence-corrected chi connectivity index (χ3v) is 0.981. The Morgan fingerprint density at radius 1 is 1.38 bits per heavy atom. The van der Waals surface area contributed by atoms with Crippen molar-refractivity contribution in [2.45, 2.75) is 0 Å². The molecule has 1 rings (SSSR count). The fourth-order valence-electron chi connectivity index (χ4n) is 0.563. The van der Waals surface area contributed by atoms with Crippen LogP contribution in [0.4, 0.5) is 0 Å². The fraction of sp³-hybridized carbons (Fsp3) is 0.333. The molecule has 0 aromatic rings. The molecule has 2 heteroatoms. The Kier molecular flexibility index (Phi) is 4.33. The Bertz CT molecular complexity index is 107. The molecule has 1 nitrogen and oxygen atoms in total. The maximum atomic E-state index is 2.12. The van der Waals surface area contributed by atoms with Crippen LogP contribution in [-0.2, 0) is 0 Å². The Morgan fingerprint density at radius 3 is 2.38 bits per heavy atom. The molecule has 0 saturated heterocycles. The Morgan fingerprint density at radius 2 is 2.12 bits per heavy atom. The van der Waals surface area contributed by atoms with Crippen molar-refractivity contribution in [3.8, 4) is 0 Å². The van der Waals surface area contributed by atoms with Crippen LogP contribution in [0.25, 0.3) is 0 Å². The molecule has 0 aromatic carbocycles. The van der Waals surface area contributed by atoms with Gasteiger partial charge in [0.05, 0.1) is 0 Å². The fourth-order valence-corrected chi connectivity index (χ4v) is 0.563. The number of nitrogens with zero attached hydrogens (tertiary/aromatic N) is 1. The van der Waals surface area contributed by atoms with Gasteiger partial charge in [0.25, 0.3) is 0 Å². The minimum Gasteiger partial charge on any atom is -0.377 e. The van der Waals surface area contributed by atoms with Gasteiger partial charge < -0.3 is 4.90 Å².